The summed E-state index contributed by atoms with van der Waals surface area (Å²) in [6.07, 6.45) is -2.95. The zero-order valence-electron chi connectivity index (χ0n) is 8.25. The third-order valence-electron chi connectivity index (χ3n) is 2.18. The largest absolute Gasteiger partial charge is 0.450 e. The molecule has 2 aromatic heterocycles. The van der Waals surface area contributed by atoms with E-state index in [4.69, 9.17) is 0 Å². The van der Waals surface area contributed by atoms with E-state index in [-0.39, 0.29) is 11.2 Å². The molecule has 0 aliphatic carbocycles. The minimum atomic E-state index is -4.57. The van der Waals surface area contributed by atoms with Crippen molar-refractivity contribution in [1.29, 1.82) is 0 Å². The molecule has 0 N–H and O–H groups in total. The highest BCUT2D eigenvalue weighted by Crippen LogP contribution is 2.30. The Bertz CT molecular complexity index is 557. The Morgan fingerprint density at radius 2 is 2.06 bits per heavy atom. The van der Waals surface area contributed by atoms with Gasteiger partial charge in [0.05, 0.1) is 5.52 Å². The minimum Gasteiger partial charge on any atom is -0.296 e. The van der Waals surface area contributed by atoms with Crippen molar-refractivity contribution in [2.75, 3.05) is 0 Å². The van der Waals surface area contributed by atoms with Gasteiger partial charge >= 0.3 is 6.18 Å². The van der Waals surface area contributed by atoms with Gasteiger partial charge in [0.15, 0.2) is 6.29 Å². The van der Waals surface area contributed by atoms with Crippen LogP contribution < -0.4 is 0 Å². The first kappa shape index (κ1) is 10.7. The molecular weight excluding hydrogens is 221 g/mol. The monoisotopic (exact) mass is 228 g/mol. The second kappa shape index (κ2) is 3.33. The molecule has 0 spiro atoms. The summed E-state index contributed by atoms with van der Waals surface area (Å²) in [5.74, 6) is -1.08. The van der Waals surface area contributed by atoms with E-state index in [0.717, 1.165) is 4.40 Å². The standard InChI is InChI=1S/C10H7F3N2O/c1-6-2-3-8-7(5-16)14-9(10(11,12)13)15(8)4-6/h2-5H,1H3. The molecule has 3 nitrogen and oxygen atoms in total. The number of hydrogen-bond donors (Lipinski definition) is 0. The number of carbonyl (C=O) groups is 1. The van der Waals surface area contributed by atoms with Crippen LogP contribution in [-0.2, 0) is 6.18 Å². The van der Waals surface area contributed by atoms with Crippen LogP contribution in [0.4, 0.5) is 13.2 Å². The topological polar surface area (TPSA) is 34.4 Å². The lowest BCUT2D eigenvalue weighted by Crippen LogP contribution is -2.10. The predicted octanol–water partition coefficient (Wildman–Crippen LogP) is 2.47. The van der Waals surface area contributed by atoms with Crippen LogP contribution in [0.3, 0.4) is 0 Å². The number of aldehydes is 1. The quantitative estimate of drug-likeness (QED) is 0.702. The predicted molar refractivity (Wildman–Crippen MR) is 50.3 cm³/mol. The van der Waals surface area contributed by atoms with Gasteiger partial charge in [0, 0.05) is 6.20 Å². The maximum atomic E-state index is 12.6. The van der Waals surface area contributed by atoms with E-state index in [1.165, 1.54) is 12.3 Å². The molecule has 6 heteroatoms. The van der Waals surface area contributed by atoms with Crippen LogP contribution in [0.1, 0.15) is 21.9 Å². The first-order valence-electron chi connectivity index (χ1n) is 4.44. The summed E-state index contributed by atoms with van der Waals surface area (Å²) in [5, 5.41) is 0. The van der Waals surface area contributed by atoms with Crippen LogP contribution in [0.15, 0.2) is 18.3 Å². The number of pyridine rings is 1. The van der Waals surface area contributed by atoms with E-state index in [0.29, 0.717) is 11.8 Å². The van der Waals surface area contributed by atoms with Crippen LogP contribution in [0, 0.1) is 6.92 Å². The average molecular weight is 228 g/mol. The second-order valence-corrected chi connectivity index (χ2v) is 3.40. The molecule has 2 heterocycles. The summed E-state index contributed by atoms with van der Waals surface area (Å²) >= 11 is 0. The van der Waals surface area contributed by atoms with Gasteiger partial charge in [0.1, 0.15) is 5.69 Å². The molecule has 0 atom stereocenters. The van der Waals surface area contributed by atoms with Crippen molar-refractivity contribution in [3.8, 4) is 0 Å². The fourth-order valence-electron chi connectivity index (χ4n) is 1.50. The van der Waals surface area contributed by atoms with Crippen molar-refractivity contribution >= 4 is 11.8 Å². The number of halogens is 3. The first-order valence-corrected chi connectivity index (χ1v) is 4.44. The second-order valence-electron chi connectivity index (χ2n) is 3.40. The Hall–Kier alpha value is -1.85. The molecule has 0 amide bonds. The van der Waals surface area contributed by atoms with E-state index in [2.05, 4.69) is 4.98 Å². The van der Waals surface area contributed by atoms with Gasteiger partial charge in [-0.3, -0.25) is 9.20 Å². The summed E-state index contributed by atoms with van der Waals surface area (Å²) < 4.78 is 38.7. The van der Waals surface area contributed by atoms with Gasteiger partial charge in [-0.1, -0.05) is 6.07 Å². The average Bonchev–Trinajstić information content (AvgIpc) is 2.54. The molecule has 2 rings (SSSR count). The summed E-state index contributed by atoms with van der Waals surface area (Å²) in [4.78, 5) is 13.9. The number of carbonyl (C=O) groups excluding carboxylic acids is 1. The van der Waals surface area contributed by atoms with Crippen LogP contribution >= 0.6 is 0 Å². The Labute approximate surface area is 88.5 Å². The number of hydrogen-bond acceptors (Lipinski definition) is 2. The Balaban J connectivity index is 2.84. The normalized spacial score (nSPS) is 12.0. The van der Waals surface area contributed by atoms with E-state index >= 15 is 0 Å². The molecule has 0 saturated heterocycles. The summed E-state index contributed by atoms with van der Waals surface area (Å²) in [6, 6.07) is 3.07. The maximum Gasteiger partial charge on any atom is 0.450 e. The van der Waals surface area contributed by atoms with Crippen LogP contribution in [-0.4, -0.2) is 15.7 Å². The molecule has 0 bridgehead atoms. The molecule has 84 valence electrons. The summed E-state index contributed by atoms with van der Waals surface area (Å²) in [5.41, 5.74) is 0.619. The lowest BCUT2D eigenvalue weighted by atomic mass is 10.3. The number of rotatable bonds is 1. The molecular formula is C10H7F3N2O. The molecule has 0 saturated carbocycles. The van der Waals surface area contributed by atoms with Crippen molar-refractivity contribution in [3.05, 3.63) is 35.4 Å². The number of nitrogens with zero attached hydrogens (tertiary/aromatic N) is 2. The summed E-state index contributed by atoms with van der Waals surface area (Å²) in [7, 11) is 0. The molecule has 0 unspecified atom stereocenters. The lowest BCUT2D eigenvalue weighted by Gasteiger charge is -2.05. The highest BCUT2D eigenvalue weighted by Gasteiger charge is 2.37. The molecule has 0 radical (unpaired) electrons. The number of aromatic nitrogens is 2. The number of aryl methyl sites for hydroxylation is 1. The van der Waals surface area contributed by atoms with Crippen molar-refractivity contribution in [2.45, 2.75) is 13.1 Å². The van der Waals surface area contributed by atoms with Gasteiger partial charge in [0.2, 0.25) is 5.82 Å². The van der Waals surface area contributed by atoms with E-state index in [9.17, 15) is 18.0 Å². The molecule has 0 aliphatic heterocycles. The SMILES string of the molecule is Cc1ccc2c(C=O)nc(C(F)(F)F)n2c1. The Morgan fingerprint density at radius 1 is 1.38 bits per heavy atom. The molecule has 2 aromatic rings. The zero-order valence-corrected chi connectivity index (χ0v) is 8.25. The molecule has 16 heavy (non-hydrogen) atoms. The number of alkyl halides is 3. The lowest BCUT2D eigenvalue weighted by molar-refractivity contribution is -0.145. The third-order valence-corrected chi connectivity index (χ3v) is 2.18. The van der Waals surface area contributed by atoms with Gasteiger partial charge in [0.25, 0.3) is 0 Å². The van der Waals surface area contributed by atoms with Crippen molar-refractivity contribution < 1.29 is 18.0 Å². The van der Waals surface area contributed by atoms with Crippen LogP contribution in [0.2, 0.25) is 0 Å². The first-order chi connectivity index (χ1) is 7.43. The fourth-order valence-corrected chi connectivity index (χ4v) is 1.50. The third kappa shape index (κ3) is 1.56. The Kier molecular flexibility index (Phi) is 2.22. The van der Waals surface area contributed by atoms with E-state index in [1.54, 1.807) is 13.0 Å². The smallest absolute Gasteiger partial charge is 0.296 e. The maximum absolute atomic E-state index is 12.6. The minimum absolute atomic E-state index is 0.160. The summed E-state index contributed by atoms with van der Waals surface area (Å²) in [6.45, 7) is 1.67. The highest BCUT2D eigenvalue weighted by atomic mass is 19.4. The van der Waals surface area contributed by atoms with Crippen molar-refractivity contribution in [3.63, 3.8) is 0 Å². The van der Waals surface area contributed by atoms with E-state index in [1.807, 2.05) is 0 Å². The highest BCUT2D eigenvalue weighted by molar-refractivity contribution is 5.83. The number of imidazole rings is 1. The molecule has 0 aromatic carbocycles. The Morgan fingerprint density at radius 3 is 2.62 bits per heavy atom. The van der Waals surface area contributed by atoms with Crippen molar-refractivity contribution in [2.24, 2.45) is 0 Å². The van der Waals surface area contributed by atoms with Crippen LogP contribution in [0.5, 0.6) is 0 Å². The number of fused-ring (bicyclic) bond motifs is 1. The van der Waals surface area contributed by atoms with Gasteiger partial charge in [-0.05, 0) is 18.6 Å². The van der Waals surface area contributed by atoms with Crippen molar-refractivity contribution in [1.82, 2.24) is 9.38 Å². The molecule has 0 fully saturated rings. The van der Waals surface area contributed by atoms with Gasteiger partial charge in [-0.15, -0.1) is 0 Å². The van der Waals surface area contributed by atoms with Gasteiger partial charge in [-0.2, -0.15) is 13.2 Å². The van der Waals surface area contributed by atoms with Gasteiger partial charge in [-0.25, -0.2) is 4.98 Å². The fraction of sp³-hybridized carbons (Fsp3) is 0.200. The zero-order chi connectivity index (χ0) is 11.9. The molecule has 0 aliphatic rings. The van der Waals surface area contributed by atoms with E-state index < -0.39 is 12.0 Å². The van der Waals surface area contributed by atoms with Gasteiger partial charge < -0.3 is 0 Å². The van der Waals surface area contributed by atoms with Crippen LogP contribution in [0.25, 0.3) is 5.52 Å².